The number of esters is 1. The van der Waals surface area contributed by atoms with E-state index in [1.807, 2.05) is 49.4 Å². The molecule has 0 unspecified atom stereocenters. The molecule has 184 valence electrons. The van der Waals surface area contributed by atoms with Gasteiger partial charge in [0.1, 0.15) is 18.1 Å². The molecule has 0 N–H and O–H groups in total. The minimum Gasteiger partial charge on any atom is -0.497 e. The smallest absolute Gasteiger partial charge is 0.335 e. The van der Waals surface area contributed by atoms with Gasteiger partial charge in [0, 0.05) is 13.0 Å². The molecular formula is C30H34O5. The van der Waals surface area contributed by atoms with E-state index in [2.05, 4.69) is 43.3 Å². The van der Waals surface area contributed by atoms with Crippen LogP contribution in [0.15, 0.2) is 78.9 Å². The van der Waals surface area contributed by atoms with Gasteiger partial charge in [-0.05, 0) is 78.9 Å². The molecule has 0 radical (unpaired) electrons. The monoisotopic (exact) mass is 474 g/mol. The number of methoxy groups -OCH3 is 1. The third-order valence-electron chi connectivity index (χ3n) is 5.64. The first kappa shape index (κ1) is 26.0. The molecule has 0 aliphatic rings. The predicted octanol–water partition coefficient (Wildman–Crippen LogP) is 6.36. The Kier molecular flexibility index (Phi) is 9.93. The van der Waals surface area contributed by atoms with Crippen LogP contribution in [0, 0.1) is 0 Å². The van der Waals surface area contributed by atoms with E-state index in [1.54, 1.807) is 14.0 Å². The van der Waals surface area contributed by atoms with Crippen LogP contribution < -0.4 is 9.47 Å². The molecule has 0 saturated carbocycles. The summed E-state index contributed by atoms with van der Waals surface area (Å²) in [6.45, 7) is 7.01. The maximum absolute atomic E-state index is 12.1. The number of carbonyl (C=O) groups is 1. The van der Waals surface area contributed by atoms with E-state index in [-0.39, 0.29) is 5.97 Å². The van der Waals surface area contributed by atoms with Crippen LogP contribution >= 0.6 is 0 Å². The van der Waals surface area contributed by atoms with Crippen LogP contribution in [-0.2, 0) is 20.7 Å². The Morgan fingerprint density at radius 2 is 1.63 bits per heavy atom. The number of carbonyl (C=O) groups excluding carboxylic acids is 1. The van der Waals surface area contributed by atoms with E-state index >= 15 is 0 Å². The molecule has 3 rings (SSSR count). The average molecular weight is 475 g/mol. The number of rotatable bonds is 12. The summed E-state index contributed by atoms with van der Waals surface area (Å²) in [7, 11) is 1.68. The number of hydrogen-bond donors (Lipinski definition) is 0. The maximum atomic E-state index is 12.1. The summed E-state index contributed by atoms with van der Waals surface area (Å²) in [5, 5.41) is 0. The van der Waals surface area contributed by atoms with Crippen molar-refractivity contribution in [2.24, 2.45) is 0 Å². The van der Waals surface area contributed by atoms with Crippen LogP contribution in [0.2, 0.25) is 0 Å². The van der Waals surface area contributed by atoms with Crippen molar-refractivity contribution in [1.29, 1.82) is 0 Å². The Morgan fingerprint density at radius 3 is 2.29 bits per heavy atom. The lowest BCUT2D eigenvalue weighted by Crippen LogP contribution is -2.28. The molecule has 3 aromatic carbocycles. The quantitative estimate of drug-likeness (QED) is 0.286. The van der Waals surface area contributed by atoms with Gasteiger partial charge in [-0.2, -0.15) is 0 Å². The largest absolute Gasteiger partial charge is 0.497 e. The molecule has 0 heterocycles. The van der Waals surface area contributed by atoms with Crippen molar-refractivity contribution < 1.29 is 23.7 Å². The van der Waals surface area contributed by atoms with Crippen molar-refractivity contribution in [1.82, 2.24) is 0 Å². The second kappa shape index (κ2) is 13.4. The highest BCUT2D eigenvalue weighted by molar-refractivity contribution is 5.75. The molecule has 35 heavy (non-hydrogen) atoms. The fourth-order valence-electron chi connectivity index (χ4n) is 3.69. The number of hydrogen-bond acceptors (Lipinski definition) is 5. The molecular weight excluding hydrogens is 440 g/mol. The zero-order valence-electron chi connectivity index (χ0n) is 21.0. The van der Waals surface area contributed by atoms with Crippen LogP contribution in [0.25, 0.3) is 16.7 Å². The summed E-state index contributed by atoms with van der Waals surface area (Å²) in [5.41, 5.74) is 5.56. The predicted molar refractivity (Wildman–Crippen MR) is 140 cm³/mol. The SMILES string of the molecule is CCOC(=O)[C@H](Cc1ccc(OCC=C(C)c2ccc(-c3cccc(OC)c3)cc2)cc1)OCC. The fourth-order valence-corrected chi connectivity index (χ4v) is 3.69. The van der Waals surface area contributed by atoms with E-state index in [9.17, 15) is 4.79 Å². The summed E-state index contributed by atoms with van der Waals surface area (Å²) in [6, 6.07) is 24.3. The van der Waals surface area contributed by atoms with Crippen molar-refractivity contribution in [2.75, 3.05) is 26.9 Å². The fraction of sp³-hybridized carbons (Fsp3) is 0.300. The van der Waals surface area contributed by atoms with E-state index in [0.29, 0.717) is 26.2 Å². The average Bonchev–Trinajstić information content (AvgIpc) is 2.89. The highest BCUT2D eigenvalue weighted by Crippen LogP contribution is 2.25. The maximum Gasteiger partial charge on any atom is 0.335 e. The molecule has 0 bridgehead atoms. The molecule has 0 saturated heterocycles. The number of ether oxygens (including phenoxy) is 4. The van der Waals surface area contributed by atoms with Crippen LogP contribution in [-0.4, -0.2) is 39.0 Å². The Labute approximate surface area is 208 Å². The highest BCUT2D eigenvalue weighted by atomic mass is 16.6. The minimum absolute atomic E-state index is 0.327. The minimum atomic E-state index is -0.590. The second-order valence-electron chi connectivity index (χ2n) is 8.05. The molecule has 0 spiro atoms. The number of allylic oxidation sites excluding steroid dienone is 1. The normalized spacial score (nSPS) is 12.2. The zero-order chi connectivity index (χ0) is 25.0. The molecule has 5 nitrogen and oxygen atoms in total. The lowest BCUT2D eigenvalue weighted by atomic mass is 10.0. The van der Waals surface area contributed by atoms with Gasteiger partial charge in [0.05, 0.1) is 13.7 Å². The summed E-state index contributed by atoms with van der Waals surface area (Å²) in [6.07, 6.45) is 1.95. The summed E-state index contributed by atoms with van der Waals surface area (Å²) < 4.78 is 21.9. The van der Waals surface area contributed by atoms with E-state index in [1.165, 1.54) is 0 Å². The molecule has 0 aliphatic heterocycles. The van der Waals surface area contributed by atoms with Crippen molar-refractivity contribution in [3.8, 4) is 22.6 Å². The number of benzene rings is 3. The van der Waals surface area contributed by atoms with Gasteiger partial charge in [0.15, 0.2) is 6.10 Å². The van der Waals surface area contributed by atoms with Gasteiger partial charge >= 0.3 is 5.97 Å². The Morgan fingerprint density at radius 1 is 0.886 bits per heavy atom. The van der Waals surface area contributed by atoms with E-state index < -0.39 is 6.10 Å². The topological polar surface area (TPSA) is 54.0 Å². The molecule has 0 aromatic heterocycles. The summed E-state index contributed by atoms with van der Waals surface area (Å²) >= 11 is 0. The lowest BCUT2D eigenvalue weighted by Gasteiger charge is -2.15. The Balaban J connectivity index is 1.55. The van der Waals surface area contributed by atoms with Crippen molar-refractivity contribution in [3.63, 3.8) is 0 Å². The Hall–Kier alpha value is -3.57. The van der Waals surface area contributed by atoms with Gasteiger partial charge in [0.25, 0.3) is 0 Å². The first-order chi connectivity index (χ1) is 17.0. The highest BCUT2D eigenvalue weighted by Gasteiger charge is 2.20. The molecule has 0 aliphatic carbocycles. The van der Waals surface area contributed by atoms with Gasteiger partial charge in [-0.25, -0.2) is 4.79 Å². The van der Waals surface area contributed by atoms with Gasteiger partial charge in [0.2, 0.25) is 0 Å². The van der Waals surface area contributed by atoms with Gasteiger partial charge < -0.3 is 18.9 Å². The first-order valence-electron chi connectivity index (χ1n) is 12.0. The van der Waals surface area contributed by atoms with Crippen LogP contribution in [0.5, 0.6) is 11.5 Å². The molecule has 0 amide bonds. The van der Waals surface area contributed by atoms with Gasteiger partial charge in [-0.3, -0.25) is 0 Å². The molecule has 3 aromatic rings. The second-order valence-corrected chi connectivity index (χ2v) is 8.05. The van der Waals surface area contributed by atoms with Crippen LogP contribution in [0.3, 0.4) is 0 Å². The van der Waals surface area contributed by atoms with Crippen LogP contribution in [0.4, 0.5) is 0 Å². The van der Waals surface area contributed by atoms with Gasteiger partial charge in [-0.1, -0.05) is 48.5 Å². The summed E-state index contributed by atoms with van der Waals surface area (Å²) in [4.78, 5) is 12.1. The molecule has 1 atom stereocenters. The van der Waals surface area contributed by atoms with Crippen molar-refractivity contribution in [2.45, 2.75) is 33.3 Å². The van der Waals surface area contributed by atoms with Crippen molar-refractivity contribution in [3.05, 3.63) is 90.0 Å². The lowest BCUT2D eigenvalue weighted by molar-refractivity contribution is -0.156. The summed E-state index contributed by atoms with van der Waals surface area (Å²) in [5.74, 6) is 1.29. The zero-order valence-corrected chi connectivity index (χ0v) is 21.0. The van der Waals surface area contributed by atoms with E-state index in [0.717, 1.165) is 39.3 Å². The standard InChI is InChI=1S/C30H34O5/c1-5-33-29(30(31)34-6-2)20-23-10-16-27(17-11-23)35-19-18-22(3)24-12-14-25(15-13-24)26-8-7-9-28(21-26)32-4/h7-18,21,29H,5-6,19-20H2,1-4H3/t29-/m0/s1. The Bertz CT molecular complexity index is 1100. The van der Waals surface area contributed by atoms with E-state index in [4.69, 9.17) is 18.9 Å². The third-order valence-corrected chi connectivity index (χ3v) is 5.64. The van der Waals surface area contributed by atoms with Gasteiger partial charge in [-0.15, -0.1) is 0 Å². The van der Waals surface area contributed by atoms with Crippen molar-refractivity contribution >= 4 is 11.5 Å². The molecule has 0 fully saturated rings. The first-order valence-corrected chi connectivity index (χ1v) is 12.0. The third kappa shape index (κ3) is 7.72. The molecule has 5 heteroatoms. The van der Waals surface area contributed by atoms with Crippen LogP contribution in [0.1, 0.15) is 31.9 Å².